The van der Waals surface area contributed by atoms with Gasteiger partial charge in [0.2, 0.25) is 0 Å². The highest BCUT2D eigenvalue weighted by atomic mass is 19.1. The fourth-order valence-corrected chi connectivity index (χ4v) is 2.00. The Kier molecular flexibility index (Phi) is 5.69. The second-order valence-electron chi connectivity index (χ2n) is 5.59. The predicted molar refractivity (Wildman–Crippen MR) is 72.6 cm³/mol. The highest BCUT2D eigenvalue weighted by molar-refractivity contribution is 5.10. The van der Waals surface area contributed by atoms with Crippen LogP contribution < -0.4 is 5.73 Å². The average Bonchev–Trinajstić information content (AvgIpc) is 2.29. The lowest BCUT2D eigenvalue weighted by Gasteiger charge is -2.31. The molecule has 1 heterocycles. The number of hydrogen-bond acceptors (Lipinski definition) is 3. The van der Waals surface area contributed by atoms with Crippen LogP contribution in [0.1, 0.15) is 32.8 Å². The van der Waals surface area contributed by atoms with Crippen LogP contribution in [0.2, 0.25) is 0 Å². The normalized spacial score (nSPS) is 12.1. The first-order valence-corrected chi connectivity index (χ1v) is 6.48. The van der Waals surface area contributed by atoms with Crippen LogP contribution in [0.3, 0.4) is 0 Å². The molecule has 0 aromatic carbocycles. The number of nitrogens with two attached hydrogens (primary N) is 1. The molecule has 4 heteroatoms. The van der Waals surface area contributed by atoms with Gasteiger partial charge in [0.1, 0.15) is 5.82 Å². The summed E-state index contributed by atoms with van der Waals surface area (Å²) in [4.78, 5) is 6.20. The Morgan fingerprint density at radius 1 is 1.39 bits per heavy atom. The molecule has 3 nitrogen and oxygen atoms in total. The molecule has 0 radical (unpaired) electrons. The molecule has 0 atom stereocenters. The van der Waals surface area contributed by atoms with Crippen molar-refractivity contribution in [3.63, 3.8) is 0 Å². The molecule has 2 N–H and O–H groups in total. The van der Waals surface area contributed by atoms with Gasteiger partial charge < -0.3 is 5.73 Å². The lowest BCUT2D eigenvalue weighted by molar-refractivity contribution is 0.175. The van der Waals surface area contributed by atoms with Crippen molar-refractivity contribution in [2.45, 2.75) is 33.7 Å². The number of aromatic nitrogens is 1. The molecule has 0 fully saturated rings. The standard InChI is InChI=1S/C14H24FN3/c1-4-5-18(11-14(2,3)10-16)9-12-6-13(15)8-17-7-12/h6-8H,4-5,9-11,16H2,1-3H3. The van der Waals surface area contributed by atoms with E-state index in [2.05, 4.69) is 30.7 Å². The summed E-state index contributed by atoms with van der Waals surface area (Å²) in [6.45, 7) is 9.72. The van der Waals surface area contributed by atoms with E-state index in [4.69, 9.17) is 5.73 Å². The molecule has 0 aliphatic carbocycles. The average molecular weight is 253 g/mol. The van der Waals surface area contributed by atoms with E-state index in [0.717, 1.165) is 31.6 Å². The molecule has 0 spiro atoms. The SMILES string of the molecule is CCCN(Cc1cncc(F)c1)CC(C)(C)CN. The van der Waals surface area contributed by atoms with Crippen molar-refractivity contribution in [2.75, 3.05) is 19.6 Å². The first-order chi connectivity index (χ1) is 8.46. The van der Waals surface area contributed by atoms with Crippen molar-refractivity contribution in [3.8, 4) is 0 Å². The van der Waals surface area contributed by atoms with E-state index >= 15 is 0 Å². The van der Waals surface area contributed by atoms with Gasteiger partial charge in [-0.05, 0) is 36.6 Å². The smallest absolute Gasteiger partial charge is 0.141 e. The molecule has 18 heavy (non-hydrogen) atoms. The first kappa shape index (κ1) is 15.1. The summed E-state index contributed by atoms with van der Waals surface area (Å²) in [5.74, 6) is -0.276. The maximum atomic E-state index is 13.1. The molecule has 1 aromatic heterocycles. The number of rotatable bonds is 7. The molecule has 102 valence electrons. The lowest BCUT2D eigenvalue weighted by atomic mass is 9.93. The number of pyridine rings is 1. The third kappa shape index (κ3) is 5.10. The van der Waals surface area contributed by atoms with Gasteiger partial charge >= 0.3 is 0 Å². The second-order valence-corrected chi connectivity index (χ2v) is 5.59. The minimum absolute atomic E-state index is 0.0793. The van der Waals surface area contributed by atoms with Crippen molar-refractivity contribution >= 4 is 0 Å². The molecular weight excluding hydrogens is 229 g/mol. The third-order valence-electron chi connectivity index (χ3n) is 2.91. The Bertz CT molecular complexity index is 366. The Morgan fingerprint density at radius 2 is 2.11 bits per heavy atom. The minimum Gasteiger partial charge on any atom is -0.330 e. The van der Waals surface area contributed by atoms with E-state index in [0.29, 0.717) is 6.54 Å². The lowest BCUT2D eigenvalue weighted by Crippen LogP contribution is -2.38. The van der Waals surface area contributed by atoms with E-state index in [1.54, 1.807) is 12.3 Å². The monoisotopic (exact) mass is 253 g/mol. The zero-order valence-corrected chi connectivity index (χ0v) is 11.6. The number of hydrogen-bond donors (Lipinski definition) is 1. The quantitative estimate of drug-likeness (QED) is 0.811. The summed E-state index contributed by atoms with van der Waals surface area (Å²) in [5.41, 5.74) is 6.76. The van der Waals surface area contributed by atoms with Crippen LogP contribution in [0.4, 0.5) is 4.39 Å². The van der Waals surface area contributed by atoms with Gasteiger partial charge in [-0.2, -0.15) is 0 Å². The van der Waals surface area contributed by atoms with Crippen LogP contribution in [0.25, 0.3) is 0 Å². The van der Waals surface area contributed by atoms with Crippen LogP contribution in [0.15, 0.2) is 18.5 Å². The van der Waals surface area contributed by atoms with Crippen LogP contribution in [-0.2, 0) is 6.54 Å². The van der Waals surface area contributed by atoms with E-state index < -0.39 is 0 Å². The third-order valence-corrected chi connectivity index (χ3v) is 2.91. The number of nitrogens with zero attached hydrogens (tertiary/aromatic N) is 2. The summed E-state index contributed by atoms with van der Waals surface area (Å²) in [6, 6.07) is 1.55. The van der Waals surface area contributed by atoms with Crippen LogP contribution in [0, 0.1) is 11.2 Å². The van der Waals surface area contributed by atoms with Gasteiger partial charge in [-0.15, -0.1) is 0 Å². The zero-order chi connectivity index (χ0) is 13.6. The van der Waals surface area contributed by atoms with Crippen molar-refractivity contribution in [1.82, 2.24) is 9.88 Å². The maximum Gasteiger partial charge on any atom is 0.141 e. The van der Waals surface area contributed by atoms with Crippen molar-refractivity contribution in [3.05, 3.63) is 29.8 Å². The van der Waals surface area contributed by atoms with Gasteiger partial charge in [-0.3, -0.25) is 9.88 Å². The van der Waals surface area contributed by atoms with Crippen molar-refractivity contribution < 1.29 is 4.39 Å². The Morgan fingerprint density at radius 3 is 2.67 bits per heavy atom. The molecular formula is C14H24FN3. The number of halogens is 1. The van der Waals surface area contributed by atoms with Crippen molar-refractivity contribution in [1.29, 1.82) is 0 Å². The first-order valence-electron chi connectivity index (χ1n) is 6.48. The van der Waals surface area contributed by atoms with E-state index in [9.17, 15) is 4.39 Å². The van der Waals surface area contributed by atoms with Crippen LogP contribution >= 0.6 is 0 Å². The van der Waals surface area contributed by atoms with E-state index in [1.807, 2.05) is 0 Å². The Hall–Kier alpha value is -1.00. The summed E-state index contributed by atoms with van der Waals surface area (Å²) in [5, 5.41) is 0. The summed E-state index contributed by atoms with van der Waals surface area (Å²) in [6.07, 6.45) is 4.03. The zero-order valence-electron chi connectivity index (χ0n) is 11.6. The van der Waals surface area contributed by atoms with Gasteiger partial charge in [-0.25, -0.2) is 4.39 Å². The molecule has 0 saturated carbocycles. The molecule has 1 aromatic rings. The fourth-order valence-electron chi connectivity index (χ4n) is 2.00. The molecule has 0 amide bonds. The van der Waals surface area contributed by atoms with Gasteiger partial charge in [0, 0.05) is 19.3 Å². The van der Waals surface area contributed by atoms with Gasteiger partial charge in [-0.1, -0.05) is 20.8 Å². The second kappa shape index (κ2) is 6.81. The molecule has 1 rings (SSSR count). The fraction of sp³-hybridized carbons (Fsp3) is 0.643. The summed E-state index contributed by atoms with van der Waals surface area (Å²) >= 11 is 0. The summed E-state index contributed by atoms with van der Waals surface area (Å²) < 4.78 is 13.1. The van der Waals surface area contributed by atoms with Gasteiger partial charge in [0.25, 0.3) is 0 Å². The van der Waals surface area contributed by atoms with E-state index in [1.165, 1.54) is 6.20 Å². The Balaban J connectivity index is 2.68. The largest absolute Gasteiger partial charge is 0.330 e. The molecule has 0 unspecified atom stereocenters. The maximum absolute atomic E-state index is 13.1. The van der Waals surface area contributed by atoms with E-state index in [-0.39, 0.29) is 11.2 Å². The van der Waals surface area contributed by atoms with Crippen LogP contribution in [0.5, 0.6) is 0 Å². The molecule has 0 aliphatic rings. The van der Waals surface area contributed by atoms with Crippen molar-refractivity contribution in [2.24, 2.45) is 11.1 Å². The summed E-state index contributed by atoms with van der Waals surface area (Å²) in [7, 11) is 0. The van der Waals surface area contributed by atoms with Crippen LogP contribution in [-0.4, -0.2) is 29.5 Å². The molecule has 0 saturated heterocycles. The highest BCUT2D eigenvalue weighted by Gasteiger charge is 2.20. The molecule has 0 aliphatic heterocycles. The highest BCUT2D eigenvalue weighted by Crippen LogP contribution is 2.17. The Labute approximate surface area is 109 Å². The predicted octanol–water partition coefficient (Wildman–Crippen LogP) is 2.42. The van der Waals surface area contributed by atoms with Gasteiger partial charge in [0.05, 0.1) is 6.20 Å². The topological polar surface area (TPSA) is 42.2 Å². The van der Waals surface area contributed by atoms with Gasteiger partial charge in [0.15, 0.2) is 0 Å². The molecule has 0 bridgehead atoms. The minimum atomic E-state index is -0.276.